The topological polar surface area (TPSA) is 56.0 Å². The SMILES string of the molecule is NC1(C(=O)Cc2ccc3ccccc3n2)CCC1. The predicted molar refractivity (Wildman–Crippen MR) is 71.2 cm³/mol. The summed E-state index contributed by atoms with van der Waals surface area (Å²) < 4.78 is 0. The Balaban J connectivity index is 1.84. The molecule has 92 valence electrons. The van der Waals surface area contributed by atoms with Crippen LogP contribution in [-0.4, -0.2) is 16.3 Å². The molecule has 0 amide bonds. The van der Waals surface area contributed by atoms with Crippen LogP contribution in [0.2, 0.25) is 0 Å². The van der Waals surface area contributed by atoms with Gasteiger partial charge in [0.2, 0.25) is 0 Å². The molecule has 1 fully saturated rings. The van der Waals surface area contributed by atoms with Gasteiger partial charge in [0.15, 0.2) is 5.78 Å². The van der Waals surface area contributed by atoms with Crippen LogP contribution in [0.5, 0.6) is 0 Å². The first-order chi connectivity index (χ1) is 8.67. The molecule has 1 heterocycles. The number of Topliss-reactive ketones (excluding diaryl/α,β-unsaturated/α-hetero) is 1. The van der Waals surface area contributed by atoms with Crippen molar-refractivity contribution in [1.29, 1.82) is 0 Å². The monoisotopic (exact) mass is 240 g/mol. The maximum atomic E-state index is 12.1. The van der Waals surface area contributed by atoms with Gasteiger partial charge in [-0.25, -0.2) is 0 Å². The zero-order chi connectivity index (χ0) is 12.6. The largest absolute Gasteiger partial charge is 0.319 e. The third-order valence-corrected chi connectivity index (χ3v) is 3.80. The summed E-state index contributed by atoms with van der Waals surface area (Å²) >= 11 is 0. The predicted octanol–water partition coefficient (Wildman–Crippen LogP) is 2.23. The van der Waals surface area contributed by atoms with Gasteiger partial charge in [-0.2, -0.15) is 0 Å². The molecule has 1 aliphatic carbocycles. The second-order valence-corrected chi connectivity index (χ2v) is 5.10. The van der Waals surface area contributed by atoms with Gasteiger partial charge in [0.25, 0.3) is 0 Å². The smallest absolute Gasteiger partial charge is 0.158 e. The van der Waals surface area contributed by atoms with Crippen LogP contribution in [0.25, 0.3) is 10.9 Å². The highest BCUT2D eigenvalue weighted by molar-refractivity contribution is 5.91. The number of carbonyl (C=O) groups excluding carboxylic acids is 1. The molecule has 3 rings (SSSR count). The van der Waals surface area contributed by atoms with E-state index < -0.39 is 5.54 Å². The summed E-state index contributed by atoms with van der Waals surface area (Å²) in [5.74, 6) is 0.122. The first-order valence-corrected chi connectivity index (χ1v) is 6.34. The number of para-hydroxylation sites is 1. The molecule has 0 bridgehead atoms. The lowest BCUT2D eigenvalue weighted by Crippen LogP contribution is -2.54. The highest BCUT2D eigenvalue weighted by Crippen LogP contribution is 2.30. The Bertz CT molecular complexity index is 602. The van der Waals surface area contributed by atoms with Crippen molar-refractivity contribution in [2.45, 2.75) is 31.2 Å². The van der Waals surface area contributed by atoms with Gasteiger partial charge >= 0.3 is 0 Å². The van der Waals surface area contributed by atoms with E-state index in [9.17, 15) is 4.79 Å². The second kappa shape index (κ2) is 4.18. The standard InChI is InChI=1S/C15H16N2O/c16-15(8-3-9-15)14(18)10-12-7-6-11-4-1-2-5-13(11)17-12/h1-2,4-7H,3,8-10,16H2. The maximum Gasteiger partial charge on any atom is 0.158 e. The van der Waals surface area contributed by atoms with Gasteiger partial charge in [-0.1, -0.05) is 24.3 Å². The van der Waals surface area contributed by atoms with Crippen molar-refractivity contribution in [1.82, 2.24) is 4.98 Å². The fourth-order valence-electron chi connectivity index (χ4n) is 2.38. The fraction of sp³-hybridized carbons (Fsp3) is 0.333. The highest BCUT2D eigenvalue weighted by atomic mass is 16.1. The number of carbonyl (C=O) groups is 1. The molecule has 3 heteroatoms. The minimum atomic E-state index is -0.576. The Hall–Kier alpha value is -1.74. The van der Waals surface area contributed by atoms with Gasteiger partial charge in [-0.3, -0.25) is 9.78 Å². The third kappa shape index (κ3) is 1.91. The molecule has 1 aromatic carbocycles. The summed E-state index contributed by atoms with van der Waals surface area (Å²) in [5.41, 5.74) is 7.20. The molecule has 0 radical (unpaired) electrons. The number of nitrogens with two attached hydrogens (primary N) is 1. The Morgan fingerprint density at radius 3 is 2.72 bits per heavy atom. The summed E-state index contributed by atoms with van der Waals surface area (Å²) in [5, 5.41) is 1.10. The van der Waals surface area contributed by atoms with Crippen LogP contribution in [-0.2, 0) is 11.2 Å². The van der Waals surface area contributed by atoms with Crippen molar-refractivity contribution in [3.8, 4) is 0 Å². The number of nitrogens with zero attached hydrogens (tertiary/aromatic N) is 1. The van der Waals surface area contributed by atoms with Crippen molar-refractivity contribution in [3.63, 3.8) is 0 Å². The average Bonchev–Trinajstić information content (AvgIpc) is 2.35. The summed E-state index contributed by atoms with van der Waals surface area (Å²) in [4.78, 5) is 16.6. The Kier molecular flexibility index (Phi) is 2.63. The van der Waals surface area contributed by atoms with Crippen molar-refractivity contribution in [2.24, 2.45) is 5.73 Å². The second-order valence-electron chi connectivity index (χ2n) is 5.10. The van der Waals surface area contributed by atoms with E-state index in [-0.39, 0.29) is 5.78 Å². The molecule has 0 aliphatic heterocycles. The Morgan fingerprint density at radius 2 is 2.00 bits per heavy atom. The van der Waals surface area contributed by atoms with Crippen LogP contribution >= 0.6 is 0 Å². The normalized spacial score (nSPS) is 17.4. The quantitative estimate of drug-likeness (QED) is 0.895. The van der Waals surface area contributed by atoms with Gasteiger partial charge in [0.1, 0.15) is 0 Å². The lowest BCUT2D eigenvalue weighted by atomic mass is 9.73. The molecule has 0 spiro atoms. The van der Waals surface area contributed by atoms with Gasteiger partial charge in [-0.05, 0) is 31.4 Å². The number of rotatable bonds is 3. The molecule has 2 aromatic rings. The van der Waals surface area contributed by atoms with Crippen LogP contribution in [0.15, 0.2) is 36.4 Å². The van der Waals surface area contributed by atoms with Crippen LogP contribution in [0, 0.1) is 0 Å². The lowest BCUT2D eigenvalue weighted by Gasteiger charge is -2.36. The number of hydrogen-bond acceptors (Lipinski definition) is 3. The maximum absolute atomic E-state index is 12.1. The molecule has 1 saturated carbocycles. The van der Waals surface area contributed by atoms with E-state index in [0.29, 0.717) is 6.42 Å². The zero-order valence-electron chi connectivity index (χ0n) is 10.2. The van der Waals surface area contributed by atoms with Crippen molar-refractivity contribution < 1.29 is 4.79 Å². The van der Waals surface area contributed by atoms with Gasteiger partial charge in [0, 0.05) is 11.1 Å². The number of hydrogen-bond donors (Lipinski definition) is 1. The number of fused-ring (bicyclic) bond motifs is 1. The molecule has 2 N–H and O–H groups in total. The van der Waals surface area contributed by atoms with E-state index in [0.717, 1.165) is 35.9 Å². The van der Waals surface area contributed by atoms with E-state index in [4.69, 9.17) is 5.73 Å². The van der Waals surface area contributed by atoms with Gasteiger partial charge in [-0.15, -0.1) is 0 Å². The van der Waals surface area contributed by atoms with Crippen molar-refractivity contribution in [2.75, 3.05) is 0 Å². The molecule has 1 aliphatic rings. The van der Waals surface area contributed by atoms with E-state index >= 15 is 0 Å². The van der Waals surface area contributed by atoms with Crippen LogP contribution < -0.4 is 5.73 Å². The first-order valence-electron chi connectivity index (χ1n) is 6.34. The summed E-state index contributed by atoms with van der Waals surface area (Å²) in [6.45, 7) is 0. The van der Waals surface area contributed by atoms with E-state index in [1.807, 2.05) is 36.4 Å². The molecule has 0 atom stereocenters. The minimum absolute atomic E-state index is 0.122. The molecular formula is C15H16N2O. The van der Waals surface area contributed by atoms with Crippen LogP contribution in [0.3, 0.4) is 0 Å². The Labute approximate surface area is 106 Å². The molecule has 1 aromatic heterocycles. The van der Waals surface area contributed by atoms with Gasteiger partial charge < -0.3 is 5.73 Å². The third-order valence-electron chi connectivity index (χ3n) is 3.80. The summed E-state index contributed by atoms with van der Waals surface area (Å²) in [6, 6.07) is 11.8. The lowest BCUT2D eigenvalue weighted by molar-refractivity contribution is -0.126. The van der Waals surface area contributed by atoms with Gasteiger partial charge in [0.05, 0.1) is 17.5 Å². The summed E-state index contributed by atoms with van der Waals surface area (Å²) in [7, 11) is 0. The summed E-state index contributed by atoms with van der Waals surface area (Å²) in [6.07, 6.45) is 3.05. The molecule has 0 unspecified atom stereocenters. The fourth-order valence-corrected chi connectivity index (χ4v) is 2.38. The minimum Gasteiger partial charge on any atom is -0.319 e. The molecule has 18 heavy (non-hydrogen) atoms. The zero-order valence-corrected chi connectivity index (χ0v) is 10.2. The molecule has 0 saturated heterocycles. The first kappa shape index (κ1) is 11.4. The Morgan fingerprint density at radius 1 is 1.22 bits per heavy atom. The van der Waals surface area contributed by atoms with Crippen LogP contribution in [0.1, 0.15) is 25.0 Å². The molecule has 3 nitrogen and oxygen atoms in total. The number of ketones is 1. The highest BCUT2D eigenvalue weighted by Gasteiger charge is 2.39. The number of aromatic nitrogens is 1. The average molecular weight is 240 g/mol. The number of pyridine rings is 1. The van der Waals surface area contributed by atoms with E-state index in [1.54, 1.807) is 0 Å². The van der Waals surface area contributed by atoms with E-state index in [1.165, 1.54) is 0 Å². The van der Waals surface area contributed by atoms with Crippen LogP contribution in [0.4, 0.5) is 0 Å². The van der Waals surface area contributed by atoms with Crippen molar-refractivity contribution in [3.05, 3.63) is 42.1 Å². The number of benzene rings is 1. The molecular weight excluding hydrogens is 224 g/mol. The van der Waals surface area contributed by atoms with E-state index in [2.05, 4.69) is 4.98 Å². The van der Waals surface area contributed by atoms with Crippen molar-refractivity contribution >= 4 is 16.7 Å².